The van der Waals surface area contributed by atoms with Crippen LogP contribution in [0.1, 0.15) is 18.9 Å². The van der Waals surface area contributed by atoms with Gasteiger partial charge in [-0.05, 0) is 43.5 Å². The Bertz CT molecular complexity index is 457. The molecule has 1 saturated heterocycles. The molecule has 1 N–H and O–H groups in total. The third-order valence-corrected chi connectivity index (χ3v) is 3.90. The molecule has 0 aromatic heterocycles. The number of aliphatic hydroxyl groups is 1. The minimum absolute atomic E-state index is 0.00584. The van der Waals surface area contributed by atoms with Gasteiger partial charge in [0.1, 0.15) is 5.75 Å². The number of aliphatic hydroxyl groups excluding tert-OH is 1. The van der Waals surface area contributed by atoms with Crippen LogP contribution in [0.25, 0.3) is 0 Å². The lowest BCUT2D eigenvalue weighted by atomic mass is 10.0. The van der Waals surface area contributed by atoms with Crippen molar-refractivity contribution in [1.82, 2.24) is 4.90 Å². The zero-order valence-corrected chi connectivity index (χ0v) is 12.0. The van der Waals surface area contributed by atoms with Gasteiger partial charge in [0.05, 0.1) is 11.1 Å². The van der Waals surface area contributed by atoms with Gasteiger partial charge < -0.3 is 9.84 Å². The Morgan fingerprint density at radius 3 is 2.80 bits per heavy atom. The van der Waals surface area contributed by atoms with Gasteiger partial charge in [-0.15, -0.1) is 0 Å². The lowest BCUT2D eigenvalue weighted by Gasteiger charge is -2.18. The Labute approximate surface area is 122 Å². The Kier molecular flexibility index (Phi) is 5.18. The molecule has 2 atom stereocenters. The highest BCUT2D eigenvalue weighted by Gasteiger charge is 2.25. The molecule has 1 aromatic carbocycles. The number of rotatable bonds is 5. The summed E-state index contributed by atoms with van der Waals surface area (Å²) in [4.78, 5) is 2.22. The summed E-state index contributed by atoms with van der Waals surface area (Å²) in [5.41, 5.74) is 0.947. The monoisotopic (exact) mass is 305 g/mol. The van der Waals surface area contributed by atoms with Crippen molar-refractivity contribution < 1.29 is 18.6 Å². The Hall–Kier alpha value is -0.910. The van der Waals surface area contributed by atoms with E-state index in [0.29, 0.717) is 12.5 Å². The molecule has 1 aliphatic rings. The average molecular weight is 306 g/mol. The summed E-state index contributed by atoms with van der Waals surface area (Å²) in [5, 5.41) is 9.75. The molecule has 2 rings (SSSR count). The van der Waals surface area contributed by atoms with E-state index in [1.54, 1.807) is 12.1 Å². The fourth-order valence-corrected chi connectivity index (χ4v) is 2.74. The second kappa shape index (κ2) is 6.70. The topological polar surface area (TPSA) is 32.7 Å². The van der Waals surface area contributed by atoms with Gasteiger partial charge in [-0.2, -0.15) is 8.78 Å². The van der Waals surface area contributed by atoms with Gasteiger partial charge in [0.25, 0.3) is 0 Å². The molecule has 3 nitrogen and oxygen atoms in total. The van der Waals surface area contributed by atoms with E-state index in [1.165, 1.54) is 6.07 Å². The first-order chi connectivity index (χ1) is 9.45. The normalized spacial score (nSPS) is 21.4. The molecule has 20 heavy (non-hydrogen) atoms. The molecule has 1 aliphatic heterocycles. The van der Waals surface area contributed by atoms with E-state index < -0.39 is 6.61 Å². The molecular formula is C14H18ClF2NO2. The molecule has 0 amide bonds. The number of hydrogen-bond acceptors (Lipinski definition) is 3. The number of alkyl halides is 2. The second-order valence-corrected chi connectivity index (χ2v) is 5.57. The molecule has 1 fully saturated rings. The third-order valence-electron chi connectivity index (χ3n) is 3.61. The van der Waals surface area contributed by atoms with Crippen LogP contribution in [-0.4, -0.2) is 35.8 Å². The zero-order chi connectivity index (χ0) is 14.7. The van der Waals surface area contributed by atoms with Crippen LogP contribution < -0.4 is 4.74 Å². The predicted molar refractivity (Wildman–Crippen MR) is 73.1 cm³/mol. The summed E-state index contributed by atoms with van der Waals surface area (Å²) in [6, 6.07) is 4.85. The highest BCUT2D eigenvalue weighted by molar-refractivity contribution is 6.32. The summed E-state index contributed by atoms with van der Waals surface area (Å²) < 4.78 is 28.6. The lowest BCUT2D eigenvalue weighted by Crippen LogP contribution is -2.23. The number of hydrogen-bond donors (Lipinski definition) is 1. The summed E-state index contributed by atoms with van der Waals surface area (Å²) in [6.45, 7) is 1.38. The molecule has 0 bridgehead atoms. The molecule has 0 spiro atoms. The van der Waals surface area contributed by atoms with Crippen LogP contribution in [0.3, 0.4) is 0 Å². The van der Waals surface area contributed by atoms with E-state index in [0.717, 1.165) is 25.1 Å². The van der Waals surface area contributed by atoms with Crippen molar-refractivity contribution in [3.05, 3.63) is 28.8 Å². The van der Waals surface area contributed by atoms with Crippen LogP contribution in [-0.2, 0) is 6.54 Å². The van der Waals surface area contributed by atoms with Crippen LogP contribution in [0, 0.1) is 5.92 Å². The Balaban J connectivity index is 1.96. The van der Waals surface area contributed by atoms with Crippen molar-refractivity contribution in [2.24, 2.45) is 5.92 Å². The minimum Gasteiger partial charge on any atom is -0.433 e. The maximum atomic E-state index is 12.1. The highest BCUT2D eigenvalue weighted by Crippen LogP contribution is 2.28. The molecule has 0 saturated carbocycles. The van der Waals surface area contributed by atoms with Crippen molar-refractivity contribution in [1.29, 1.82) is 0 Å². The molecule has 0 radical (unpaired) electrons. The smallest absolute Gasteiger partial charge is 0.387 e. The Morgan fingerprint density at radius 1 is 1.50 bits per heavy atom. The van der Waals surface area contributed by atoms with Crippen molar-refractivity contribution in [3.8, 4) is 5.75 Å². The maximum absolute atomic E-state index is 12.1. The first-order valence-corrected chi connectivity index (χ1v) is 6.97. The first kappa shape index (κ1) is 15.5. The molecule has 0 aliphatic carbocycles. The van der Waals surface area contributed by atoms with Crippen LogP contribution >= 0.6 is 11.6 Å². The van der Waals surface area contributed by atoms with Gasteiger partial charge in [0, 0.05) is 13.1 Å². The number of halogens is 3. The van der Waals surface area contributed by atoms with Gasteiger partial charge in [-0.1, -0.05) is 17.7 Å². The van der Waals surface area contributed by atoms with E-state index in [4.69, 9.17) is 11.6 Å². The SMILES string of the molecule is CC(O)C1CCN(Cc2ccc(OC(F)F)c(Cl)c2)C1. The number of nitrogens with zero attached hydrogens (tertiary/aromatic N) is 1. The molecular weight excluding hydrogens is 288 g/mol. The second-order valence-electron chi connectivity index (χ2n) is 5.17. The minimum atomic E-state index is -2.87. The van der Waals surface area contributed by atoms with Crippen LogP contribution in [0.2, 0.25) is 5.02 Å². The van der Waals surface area contributed by atoms with Crippen LogP contribution in [0.15, 0.2) is 18.2 Å². The van der Waals surface area contributed by atoms with E-state index in [1.807, 2.05) is 6.92 Å². The lowest BCUT2D eigenvalue weighted by molar-refractivity contribution is -0.0498. The van der Waals surface area contributed by atoms with E-state index in [9.17, 15) is 13.9 Å². The van der Waals surface area contributed by atoms with Gasteiger partial charge in [-0.25, -0.2) is 0 Å². The highest BCUT2D eigenvalue weighted by atomic mass is 35.5. The summed E-state index contributed by atoms with van der Waals surface area (Å²) in [7, 11) is 0. The summed E-state index contributed by atoms with van der Waals surface area (Å²) >= 11 is 5.92. The van der Waals surface area contributed by atoms with Gasteiger partial charge in [-0.3, -0.25) is 4.90 Å². The average Bonchev–Trinajstić information content (AvgIpc) is 2.81. The fourth-order valence-electron chi connectivity index (χ4n) is 2.49. The van der Waals surface area contributed by atoms with E-state index >= 15 is 0 Å². The maximum Gasteiger partial charge on any atom is 0.387 e. The molecule has 1 heterocycles. The predicted octanol–water partition coefficient (Wildman–Crippen LogP) is 3.14. The molecule has 2 unspecified atom stereocenters. The fraction of sp³-hybridized carbons (Fsp3) is 0.571. The van der Waals surface area contributed by atoms with Crippen molar-refractivity contribution in [2.45, 2.75) is 32.6 Å². The van der Waals surface area contributed by atoms with Crippen LogP contribution in [0.5, 0.6) is 5.75 Å². The number of benzene rings is 1. The van der Waals surface area contributed by atoms with Gasteiger partial charge in [0.15, 0.2) is 0 Å². The largest absolute Gasteiger partial charge is 0.433 e. The third kappa shape index (κ3) is 4.04. The summed E-state index contributed by atoms with van der Waals surface area (Å²) in [6.07, 6.45) is 0.670. The van der Waals surface area contributed by atoms with E-state index in [-0.39, 0.29) is 16.9 Å². The summed E-state index contributed by atoms with van der Waals surface area (Å²) in [5.74, 6) is 0.292. The van der Waals surface area contributed by atoms with Crippen molar-refractivity contribution >= 4 is 11.6 Å². The number of ether oxygens (including phenoxy) is 1. The van der Waals surface area contributed by atoms with Crippen molar-refractivity contribution in [3.63, 3.8) is 0 Å². The zero-order valence-electron chi connectivity index (χ0n) is 11.2. The standard InChI is InChI=1S/C14H18ClF2NO2/c1-9(19)11-4-5-18(8-11)7-10-2-3-13(12(15)6-10)20-14(16)17/h2-3,6,9,11,14,19H,4-5,7-8H2,1H3. The number of likely N-dealkylation sites (tertiary alicyclic amines) is 1. The molecule has 112 valence electrons. The molecule has 6 heteroatoms. The Morgan fingerprint density at radius 2 is 2.25 bits per heavy atom. The first-order valence-electron chi connectivity index (χ1n) is 6.59. The quantitative estimate of drug-likeness (QED) is 0.907. The molecule has 1 aromatic rings. The van der Waals surface area contributed by atoms with Gasteiger partial charge >= 0.3 is 6.61 Å². The van der Waals surface area contributed by atoms with E-state index in [2.05, 4.69) is 9.64 Å². The van der Waals surface area contributed by atoms with Crippen molar-refractivity contribution in [2.75, 3.05) is 13.1 Å². The van der Waals surface area contributed by atoms with Crippen LogP contribution in [0.4, 0.5) is 8.78 Å². The van der Waals surface area contributed by atoms with Gasteiger partial charge in [0.2, 0.25) is 0 Å².